The lowest BCUT2D eigenvalue weighted by Crippen LogP contribution is -2.49. The number of likely N-dealkylation sites (tertiary alicyclic amines) is 1. The second-order valence-electron chi connectivity index (χ2n) is 6.27. The van der Waals surface area contributed by atoms with Crippen molar-refractivity contribution in [3.8, 4) is 5.75 Å². The third-order valence-electron chi connectivity index (χ3n) is 4.33. The number of rotatable bonds is 6. The minimum atomic E-state index is -0.377. The quantitative estimate of drug-likeness (QED) is 0.351. The van der Waals surface area contributed by atoms with Crippen LogP contribution in [0.5, 0.6) is 5.75 Å². The van der Waals surface area contributed by atoms with Crippen molar-refractivity contribution < 1.29 is 18.7 Å². The summed E-state index contributed by atoms with van der Waals surface area (Å²) in [5.74, 6) is 0.564. The van der Waals surface area contributed by atoms with Gasteiger partial charge in [0.05, 0.1) is 20.3 Å². The van der Waals surface area contributed by atoms with Gasteiger partial charge in [0.1, 0.15) is 0 Å². The number of carbonyl (C=O) groups excluding carboxylic acids is 1. The number of carbonyl (C=O) groups is 1. The fourth-order valence-electron chi connectivity index (χ4n) is 2.93. The normalized spacial score (nSPS) is 14.9. The van der Waals surface area contributed by atoms with Crippen LogP contribution < -0.4 is 15.4 Å². The number of methoxy groups -OCH3 is 1. The number of halogens is 2. The highest BCUT2D eigenvalue weighted by molar-refractivity contribution is 14.0. The van der Waals surface area contributed by atoms with Gasteiger partial charge in [0.25, 0.3) is 0 Å². The summed E-state index contributed by atoms with van der Waals surface area (Å²) >= 11 is 0. The van der Waals surface area contributed by atoms with Gasteiger partial charge < -0.3 is 25.0 Å². The van der Waals surface area contributed by atoms with Crippen LogP contribution in [0.3, 0.4) is 0 Å². The second-order valence-corrected chi connectivity index (χ2v) is 6.27. The third-order valence-corrected chi connectivity index (χ3v) is 4.33. The zero-order chi connectivity index (χ0) is 19.6. The summed E-state index contributed by atoms with van der Waals surface area (Å²) in [4.78, 5) is 17.8. The lowest BCUT2D eigenvalue weighted by atomic mass is 10.1. The molecule has 2 rings (SSSR count). The smallest absolute Gasteiger partial charge is 0.409 e. The van der Waals surface area contributed by atoms with Crippen molar-refractivity contribution >= 4 is 36.0 Å². The molecule has 9 heteroatoms. The van der Waals surface area contributed by atoms with Crippen LogP contribution in [0.4, 0.5) is 9.18 Å². The van der Waals surface area contributed by atoms with Crippen molar-refractivity contribution in [3.63, 3.8) is 0 Å². The number of aliphatic imine (C=N–C) groups is 1. The summed E-state index contributed by atoms with van der Waals surface area (Å²) in [5, 5.41) is 6.60. The number of benzene rings is 1. The minimum Gasteiger partial charge on any atom is -0.491 e. The van der Waals surface area contributed by atoms with Crippen LogP contribution in [0.2, 0.25) is 0 Å². The molecule has 0 radical (unpaired) electrons. The molecular formula is C19H30FIN4O3. The average molecular weight is 508 g/mol. The Kier molecular flexibility index (Phi) is 10.9. The van der Waals surface area contributed by atoms with E-state index in [0.717, 1.165) is 24.9 Å². The van der Waals surface area contributed by atoms with Gasteiger partial charge in [-0.05, 0) is 44.4 Å². The summed E-state index contributed by atoms with van der Waals surface area (Å²) in [5.41, 5.74) is 0.772. The SMILES string of the molecule is CCNC(=NCc1ccc(OCC)c(F)c1)NC1CCN(C(=O)OC)CC1.I. The van der Waals surface area contributed by atoms with Gasteiger partial charge >= 0.3 is 6.09 Å². The van der Waals surface area contributed by atoms with E-state index < -0.39 is 0 Å². The van der Waals surface area contributed by atoms with Crippen LogP contribution in [-0.4, -0.2) is 56.3 Å². The number of guanidine groups is 1. The van der Waals surface area contributed by atoms with Crippen molar-refractivity contribution in [3.05, 3.63) is 29.6 Å². The molecule has 1 saturated heterocycles. The van der Waals surface area contributed by atoms with E-state index in [1.807, 2.05) is 19.9 Å². The molecule has 0 spiro atoms. The van der Waals surface area contributed by atoms with Gasteiger partial charge in [-0.2, -0.15) is 0 Å². The Morgan fingerprint density at radius 3 is 2.61 bits per heavy atom. The minimum absolute atomic E-state index is 0. The molecule has 1 aliphatic heterocycles. The van der Waals surface area contributed by atoms with E-state index in [4.69, 9.17) is 9.47 Å². The molecule has 0 atom stereocenters. The Morgan fingerprint density at radius 2 is 2.04 bits per heavy atom. The summed E-state index contributed by atoms with van der Waals surface area (Å²) < 4.78 is 23.9. The van der Waals surface area contributed by atoms with Crippen LogP contribution in [0, 0.1) is 5.82 Å². The number of hydrogen-bond donors (Lipinski definition) is 2. The monoisotopic (exact) mass is 508 g/mol. The summed E-state index contributed by atoms with van der Waals surface area (Å²) in [7, 11) is 1.40. The number of ether oxygens (including phenoxy) is 2. The van der Waals surface area contributed by atoms with Gasteiger partial charge in [-0.15, -0.1) is 24.0 Å². The maximum absolute atomic E-state index is 14.0. The molecule has 7 nitrogen and oxygen atoms in total. The Labute approximate surface area is 183 Å². The van der Waals surface area contributed by atoms with Crippen molar-refractivity contribution in [2.45, 2.75) is 39.3 Å². The van der Waals surface area contributed by atoms with E-state index in [-0.39, 0.29) is 47.7 Å². The van der Waals surface area contributed by atoms with Crippen LogP contribution in [0.1, 0.15) is 32.3 Å². The molecule has 0 aromatic heterocycles. The second kappa shape index (κ2) is 12.6. The van der Waals surface area contributed by atoms with E-state index in [0.29, 0.717) is 32.2 Å². The highest BCUT2D eigenvalue weighted by Crippen LogP contribution is 2.19. The number of hydrogen-bond acceptors (Lipinski definition) is 4. The summed E-state index contributed by atoms with van der Waals surface area (Å²) in [6.07, 6.45) is 1.35. The first-order valence-electron chi connectivity index (χ1n) is 9.36. The maximum Gasteiger partial charge on any atom is 0.409 e. The fraction of sp³-hybridized carbons (Fsp3) is 0.579. The summed E-state index contributed by atoms with van der Waals surface area (Å²) in [6, 6.07) is 5.12. The molecule has 2 N–H and O–H groups in total. The molecule has 1 heterocycles. The van der Waals surface area contributed by atoms with Crippen LogP contribution in [0.25, 0.3) is 0 Å². The first kappa shape index (κ1) is 24.3. The third kappa shape index (κ3) is 7.33. The first-order valence-corrected chi connectivity index (χ1v) is 9.36. The van der Waals surface area contributed by atoms with E-state index in [1.54, 1.807) is 11.0 Å². The van der Waals surface area contributed by atoms with Crippen LogP contribution in [-0.2, 0) is 11.3 Å². The highest BCUT2D eigenvalue weighted by atomic mass is 127. The first-order chi connectivity index (χ1) is 13.1. The topological polar surface area (TPSA) is 75.2 Å². The van der Waals surface area contributed by atoms with Gasteiger partial charge in [-0.3, -0.25) is 0 Å². The molecule has 0 saturated carbocycles. The molecule has 1 aliphatic rings. The van der Waals surface area contributed by atoms with Gasteiger partial charge in [-0.25, -0.2) is 14.2 Å². The molecule has 158 valence electrons. The predicted octanol–water partition coefficient (Wildman–Crippen LogP) is 3.13. The van der Waals surface area contributed by atoms with Crippen molar-refractivity contribution in [1.29, 1.82) is 0 Å². The summed E-state index contributed by atoms with van der Waals surface area (Å²) in [6.45, 7) is 6.62. The zero-order valence-electron chi connectivity index (χ0n) is 16.7. The average Bonchev–Trinajstić information content (AvgIpc) is 2.68. The van der Waals surface area contributed by atoms with Crippen molar-refractivity contribution in [1.82, 2.24) is 15.5 Å². The number of nitrogens with one attached hydrogen (secondary N) is 2. The largest absolute Gasteiger partial charge is 0.491 e. The Hall–Kier alpha value is -1.78. The van der Waals surface area contributed by atoms with Gasteiger partial charge in [0, 0.05) is 25.7 Å². The molecule has 1 aromatic rings. The number of nitrogens with zero attached hydrogens (tertiary/aromatic N) is 2. The Morgan fingerprint density at radius 1 is 1.32 bits per heavy atom. The number of amides is 1. The molecule has 1 fully saturated rings. The van der Waals surface area contributed by atoms with Crippen molar-refractivity contribution in [2.24, 2.45) is 4.99 Å². The van der Waals surface area contributed by atoms with Gasteiger partial charge in [0.2, 0.25) is 0 Å². The standard InChI is InChI=1S/C19H29FN4O3.HI/c1-4-21-18(23-15-8-10-24(11-9-15)19(25)26-3)22-13-14-6-7-17(27-5-2)16(20)12-14;/h6-7,12,15H,4-5,8-11,13H2,1-3H3,(H2,21,22,23);1H. The molecule has 1 amide bonds. The van der Waals surface area contributed by atoms with E-state index in [2.05, 4.69) is 15.6 Å². The van der Waals surface area contributed by atoms with E-state index in [1.165, 1.54) is 13.2 Å². The Balaban J connectivity index is 0.00000392. The van der Waals surface area contributed by atoms with Gasteiger partial charge in [-0.1, -0.05) is 6.07 Å². The maximum atomic E-state index is 14.0. The van der Waals surface area contributed by atoms with Crippen LogP contribution >= 0.6 is 24.0 Å². The fourth-order valence-corrected chi connectivity index (χ4v) is 2.93. The van der Waals surface area contributed by atoms with Gasteiger partial charge in [0.15, 0.2) is 17.5 Å². The molecule has 0 unspecified atom stereocenters. The zero-order valence-corrected chi connectivity index (χ0v) is 19.0. The van der Waals surface area contributed by atoms with Crippen LogP contribution in [0.15, 0.2) is 23.2 Å². The number of piperidine rings is 1. The lowest BCUT2D eigenvalue weighted by molar-refractivity contribution is 0.111. The van der Waals surface area contributed by atoms with E-state index in [9.17, 15) is 9.18 Å². The van der Waals surface area contributed by atoms with Crippen molar-refractivity contribution in [2.75, 3.05) is 33.4 Å². The molecule has 28 heavy (non-hydrogen) atoms. The highest BCUT2D eigenvalue weighted by Gasteiger charge is 2.23. The molecule has 0 bridgehead atoms. The lowest BCUT2D eigenvalue weighted by Gasteiger charge is -2.32. The molecule has 1 aromatic carbocycles. The van der Waals surface area contributed by atoms with E-state index >= 15 is 0 Å². The Bertz CT molecular complexity index is 652. The molecular weight excluding hydrogens is 478 g/mol. The predicted molar refractivity (Wildman–Crippen MR) is 118 cm³/mol. The molecule has 0 aliphatic carbocycles.